The summed E-state index contributed by atoms with van der Waals surface area (Å²) in [6, 6.07) is 59.7. The maximum absolute atomic E-state index is 7.85. The zero-order chi connectivity index (χ0) is 51.7. The first-order valence-corrected chi connectivity index (χ1v) is 27.5. The largest absolute Gasteiger partial charge is 0.456 e. The topological polar surface area (TPSA) is 32.8 Å². The second kappa shape index (κ2) is 15.7. The number of nitrogens with zero attached hydrogens (tertiary/aromatic N) is 2. The van der Waals surface area contributed by atoms with Crippen LogP contribution in [0.3, 0.4) is 0 Å². The maximum Gasteiger partial charge on any atom is 0.337 e. The molecule has 0 saturated heterocycles. The van der Waals surface area contributed by atoms with Crippen molar-refractivity contribution in [2.75, 3.05) is 9.71 Å². The molecule has 14 rings (SSSR count). The number of fused-ring (bicyclic) bond motifs is 12. The smallest absolute Gasteiger partial charge is 0.337 e. The lowest BCUT2D eigenvalue weighted by Gasteiger charge is -2.46. The fraction of sp³-hybridized carbons (Fsp3) is 0.286. The molecule has 75 heavy (non-hydrogen) atoms. The van der Waals surface area contributed by atoms with Crippen LogP contribution in [0.2, 0.25) is 0 Å². The third-order valence-corrected chi connectivity index (χ3v) is 18.5. The molecule has 0 saturated carbocycles. The fourth-order valence-electron chi connectivity index (χ4n) is 13.9. The first-order chi connectivity index (χ1) is 35.8. The molecule has 0 bridgehead atoms. The van der Waals surface area contributed by atoms with Gasteiger partial charge in [-0.05, 0) is 163 Å². The molecule has 0 unspecified atom stereocenters. The van der Waals surface area contributed by atoms with Crippen molar-refractivity contribution < 1.29 is 8.83 Å². The van der Waals surface area contributed by atoms with Crippen molar-refractivity contribution in [2.24, 2.45) is 0 Å². The lowest BCUT2D eigenvalue weighted by Crippen LogP contribution is -2.61. The number of para-hydroxylation sites is 1. The Bertz CT molecular complexity index is 4010. The minimum Gasteiger partial charge on any atom is -0.456 e. The molecule has 2 aromatic heterocycles. The van der Waals surface area contributed by atoms with Crippen LogP contribution in [0.15, 0.2) is 167 Å². The van der Waals surface area contributed by atoms with Crippen LogP contribution in [0.5, 0.6) is 0 Å². The summed E-state index contributed by atoms with van der Waals surface area (Å²) in [7, 11) is 0. The number of anilines is 5. The van der Waals surface area contributed by atoms with Crippen LogP contribution in [0.4, 0.5) is 28.6 Å². The Kier molecular flexibility index (Phi) is 9.67. The highest BCUT2D eigenvalue weighted by atomic mass is 16.4. The van der Waals surface area contributed by atoms with Crippen molar-refractivity contribution in [2.45, 2.75) is 129 Å². The first kappa shape index (κ1) is 46.3. The Labute approximate surface area is 443 Å². The molecule has 4 aliphatic rings. The van der Waals surface area contributed by atoms with Crippen LogP contribution < -0.4 is 20.6 Å². The Morgan fingerprint density at radius 2 is 1.07 bits per heavy atom. The summed E-state index contributed by atoms with van der Waals surface area (Å²) in [6.45, 7) is 26.2. The van der Waals surface area contributed by atoms with E-state index in [-0.39, 0.29) is 33.9 Å². The van der Waals surface area contributed by atoms with Crippen molar-refractivity contribution in [3.8, 4) is 33.4 Å². The Morgan fingerprint density at radius 3 is 1.76 bits per heavy atom. The van der Waals surface area contributed by atoms with E-state index in [1.165, 1.54) is 77.8 Å². The molecule has 2 aliphatic heterocycles. The molecule has 0 amide bonds. The number of hydrogen-bond acceptors (Lipinski definition) is 4. The highest BCUT2D eigenvalue weighted by Crippen LogP contribution is 2.56. The minimum atomic E-state index is -0.288. The van der Waals surface area contributed by atoms with Gasteiger partial charge in [-0.3, -0.25) is 4.90 Å². The lowest BCUT2D eigenvalue weighted by atomic mass is 9.43. The van der Waals surface area contributed by atoms with Crippen LogP contribution in [0.1, 0.15) is 130 Å². The molecule has 0 radical (unpaired) electrons. The molecule has 0 fully saturated rings. The van der Waals surface area contributed by atoms with Gasteiger partial charge in [-0.25, -0.2) is 0 Å². The zero-order valence-electron chi connectivity index (χ0n) is 45.6. The normalized spacial score (nSPS) is 17.7. The SMILES string of the molecule is CC(C)(C)c1ccc(N2c3oc4cc5c(cc4c3B3c4c(cc6oc7ccccc7c6c42)-c2ccc(-c4ccccc4)cc2N3c2ccc3c(c2)C(C)(C)CCC3(C)C)C(C)(C)CCC5(C)C)c(-c2ccccc2)c1. The third kappa shape index (κ3) is 6.81. The molecule has 0 spiro atoms. The average molecular weight is 979 g/mol. The summed E-state index contributed by atoms with van der Waals surface area (Å²) >= 11 is 0. The van der Waals surface area contributed by atoms with Crippen LogP contribution in [-0.4, -0.2) is 6.85 Å². The Balaban J connectivity index is 1.18. The van der Waals surface area contributed by atoms with Gasteiger partial charge in [-0.2, -0.15) is 0 Å². The summed E-state index contributed by atoms with van der Waals surface area (Å²) in [5.41, 5.74) is 23.7. The van der Waals surface area contributed by atoms with Crippen molar-refractivity contribution in [1.29, 1.82) is 0 Å². The summed E-state index contributed by atoms with van der Waals surface area (Å²) < 4.78 is 14.9. The van der Waals surface area contributed by atoms with Gasteiger partial charge in [0.1, 0.15) is 16.7 Å². The molecule has 8 aromatic carbocycles. The molecule has 0 N–H and O–H groups in total. The van der Waals surface area contributed by atoms with Crippen molar-refractivity contribution in [1.82, 2.24) is 0 Å². The lowest BCUT2D eigenvalue weighted by molar-refractivity contribution is 0.332. The summed E-state index contributed by atoms with van der Waals surface area (Å²) in [4.78, 5) is 5.25. The van der Waals surface area contributed by atoms with Crippen molar-refractivity contribution >= 4 is 79.3 Å². The number of rotatable bonds is 4. The minimum absolute atomic E-state index is 0.00231. The maximum atomic E-state index is 7.85. The van der Waals surface area contributed by atoms with E-state index in [1.807, 2.05) is 0 Å². The molecule has 4 heterocycles. The predicted octanol–water partition coefficient (Wildman–Crippen LogP) is 18.4. The summed E-state index contributed by atoms with van der Waals surface area (Å²) in [6.07, 6.45) is 4.53. The molecular weight excluding hydrogens is 912 g/mol. The molecule has 0 atom stereocenters. The second-order valence-electron chi connectivity index (χ2n) is 26.2. The number of hydrogen-bond donors (Lipinski definition) is 0. The van der Waals surface area contributed by atoms with E-state index in [1.54, 1.807) is 0 Å². The van der Waals surface area contributed by atoms with E-state index in [2.05, 4.69) is 244 Å². The fourth-order valence-corrected chi connectivity index (χ4v) is 13.9. The molecule has 5 heteroatoms. The molecule has 4 nitrogen and oxygen atoms in total. The Hall–Kier alpha value is -7.24. The summed E-state index contributed by atoms with van der Waals surface area (Å²) in [5.74, 6) is 0.858. The van der Waals surface area contributed by atoms with Gasteiger partial charge in [0.25, 0.3) is 0 Å². The molecule has 372 valence electrons. The summed E-state index contributed by atoms with van der Waals surface area (Å²) in [5, 5.41) is 3.37. The number of benzene rings is 8. The van der Waals surface area contributed by atoms with E-state index in [9.17, 15) is 0 Å². The van der Waals surface area contributed by atoms with Crippen LogP contribution in [0.25, 0.3) is 66.3 Å². The third-order valence-electron chi connectivity index (χ3n) is 18.5. The molecular formula is C70H67BN2O2. The first-order valence-electron chi connectivity index (χ1n) is 27.5. The van der Waals surface area contributed by atoms with Gasteiger partial charge in [-0.15, -0.1) is 0 Å². The highest BCUT2D eigenvalue weighted by Gasteiger charge is 2.51. The highest BCUT2D eigenvalue weighted by molar-refractivity contribution is 6.95. The van der Waals surface area contributed by atoms with Crippen LogP contribution >= 0.6 is 0 Å². The van der Waals surface area contributed by atoms with Crippen molar-refractivity contribution in [3.63, 3.8) is 0 Å². The van der Waals surface area contributed by atoms with E-state index in [4.69, 9.17) is 8.83 Å². The van der Waals surface area contributed by atoms with Gasteiger partial charge in [-0.1, -0.05) is 179 Å². The predicted molar refractivity (Wildman–Crippen MR) is 317 cm³/mol. The van der Waals surface area contributed by atoms with Gasteiger partial charge in [0.15, 0.2) is 0 Å². The van der Waals surface area contributed by atoms with Gasteiger partial charge < -0.3 is 13.6 Å². The van der Waals surface area contributed by atoms with E-state index >= 15 is 0 Å². The average Bonchev–Trinajstić information content (AvgIpc) is 4.03. The van der Waals surface area contributed by atoms with Crippen molar-refractivity contribution in [3.05, 3.63) is 186 Å². The van der Waals surface area contributed by atoms with Gasteiger partial charge >= 0.3 is 6.85 Å². The molecule has 10 aromatic rings. The standard InChI is InChI=1S/C70H67BN2O2/c1-66(2,3)45-27-31-56(49(37-45)43-22-16-13-17-23-43)72-64-61-48-24-18-19-25-58(48)74-60(61)40-50-47-29-26-44(42-20-14-12-15-21-42)36-57(47)73(46-28-30-52-53(38-46)68(6,7)33-32-67(52,4)5)71(62(50)64)63-51-39-54-55(41-59(51)75-65(63)72)70(10,11)35-34-69(54,8)9/h12-31,36-41H,32-35H2,1-11H3. The van der Waals surface area contributed by atoms with E-state index < -0.39 is 0 Å². The second-order valence-corrected chi connectivity index (χ2v) is 26.2. The van der Waals surface area contributed by atoms with Gasteiger partial charge in [0.05, 0.1) is 16.8 Å². The zero-order valence-corrected chi connectivity index (χ0v) is 45.6. The van der Waals surface area contributed by atoms with Crippen LogP contribution in [-0.2, 0) is 27.1 Å². The quantitative estimate of drug-likeness (QED) is 0.165. The van der Waals surface area contributed by atoms with Crippen LogP contribution in [0, 0.1) is 0 Å². The number of furan rings is 2. The van der Waals surface area contributed by atoms with E-state index in [0.717, 1.165) is 81.6 Å². The van der Waals surface area contributed by atoms with E-state index in [0.29, 0.717) is 0 Å². The molecule has 2 aliphatic carbocycles. The van der Waals surface area contributed by atoms with Gasteiger partial charge in [0, 0.05) is 38.7 Å². The monoisotopic (exact) mass is 979 g/mol. The Morgan fingerprint density at radius 1 is 0.440 bits per heavy atom. The van der Waals surface area contributed by atoms with Gasteiger partial charge in [0.2, 0.25) is 5.88 Å².